The summed E-state index contributed by atoms with van der Waals surface area (Å²) in [5.41, 5.74) is 1.06. The molecule has 0 fully saturated rings. The van der Waals surface area contributed by atoms with Crippen LogP contribution < -0.4 is 0 Å². The number of oxime groups is 1. The van der Waals surface area contributed by atoms with E-state index < -0.39 is 5.97 Å². The fourth-order valence-electron chi connectivity index (χ4n) is 1.21. The van der Waals surface area contributed by atoms with Crippen LogP contribution in [0.3, 0.4) is 0 Å². The quantitative estimate of drug-likeness (QED) is 0.480. The highest BCUT2D eigenvalue weighted by molar-refractivity contribution is 6.00. The van der Waals surface area contributed by atoms with E-state index in [4.69, 9.17) is 4.84 Å². The molecule has 1 rings (SSSR count). The van der Waals surface area contributed by atoms with Crippen LogP contribution >= 0.6 is 0 Å². The highest BCUT2D eigenvalue weighted by Gasteiger charge is 2.05. The Hall–Kier alpha value is -2.04. The smallest absolute Gasteiger partial charge is 0.347 e. The van der Waals surface area contributed by atoms with E-state index in [1.165, 1.54) is 0 Å². The van der Waals surface area contributed by atoms with Crippen LogP contribution in [0.15, 0.2) is 29.4 Å². The van der Waals surface area contributed by atoms with E-state index in [1.54, 1.807) is 38.1 Å². The molecule has 0 spiro atoms. The number of aromatic hydroxyl groups is 1. The summed E-state index contributed by atoms with van der Waals surface area (Å²) in [4.78, 5) is 15.8. The molecule has 92 valence electrons. The first-order valence-electron chi connectivity index (χ1n) is 5.25. The number of phenolic OH excluding ortho intramolecular Hbond substituents is 1. The Morgan fingerprint density at radius 1 is 1.41 bits per heavy atom. The summed E-state index contributed by atoms with van der Waals surface area (Å²) in [6.07, 6.45) is 0. The SMILES string of the molecule is CCOC(=O)CON=C(C)c1ccccc1O. The number of carbonyl (C=O) groups is 1. The number of phenols is 1. The molecular weight excluding hydrogens is 222 g/mol. The Kier molecular flexibility index (Phi) is 5.00. The maximum Gasteiger partial charge on any atom is 0.347 e. The molecule has 1 aromatic rings. The molecule has 0 atom stereocenters. The third-order valence-electron chi connectivity index (χ3n) is 1.98. The fourth-order valence-corrected chi connectivity index (χ4v) is 1.21. The Morgan fingerprint density at radius 3 is 2.76 bits per heavy atom. The summed E-state index contributed by atoms with van der Waals surface area (Å²) >= 11 is 0. The van der Waals surface area contributed by atoms with E-state index in [0.29, 0.717) is 17.9 Å². The van der Waals surface area contributed by atoms with Gasteiger partial charge in [-0.3, -0.25) is 0 Å². The van der Waals surface area contributed by atoms with E-state index in [0.717, 1.165) is 0 Å². The molecule has 0 aliphatic rings. The fraction of sp³-hybridized carbons (Fsp3) is 0.333. The molecule has 17 heavy (non-hydrogen) atoms. The summed E-state index contributed by atoms with van der Waals surface area (Å²) in [7, 11) is 0. The van der Waals surface area contributed by atoms with Gasteiger partial charge in [0, 0.05) is 5.56 Å². The zero-order valence-corrected chi connectivity index (χ0v) is 9.84. The van der Waals surface area contributed by atoms with Gasteiger partial charge in [-0.1, -0.05) is 17.3 Å². The molecule has 1 N–H and O–H groups in total. The van der Waals surface area contributed by atoms with Gasteiger partial charge in [0.05, 0.1) is 12.3 Å². The highest BCUT2D eigenvalue weighted by atomic mass is 16.7. The summed E-state index contributed by atoms with van der Waals surface area (Å²) < 4.78 is 4.67. The van der Waals surface area contributed by atoms with Gasteiger partial charge in [-0.05, 0) is 26.0 Å². The number of para-hydroxylation sites is 1. The number of rotatable bonds is 5. The van der Waals surface area contributed by atoms with Crippen molar-refractivity contribution in [2.75, 3.05) is 13.2 Å². The lowest BCUT2D eigenvalue weighted by Gasteiger charge is -2.04. The van der Waals surface area contributed by atoms with Gasteiger partial charge in [0.1, 0.15) is 5.75 Å². The van der Waals surface area contributed by atoms with Gasteiger partial charge < -0.3 is 14.7 Å². The van der Waals surface area contributed by atoms with Gasteiger partial charge in [-0.2, -0.15) is 0 Å². The van der Waals surface area contributed by atoms with E-state index in [-0.39, 0.29) is 12.4 Å². The zero-order valence-electron chi connectivity index (χ0n) is 9.84. The van der Waals surface area contributed by atoms with Crippen LogP contribution in [-0.2, 0) is 14.4 Å². The summed E-state index contributed by atoms with van der Waals surface area (Å²) in [5, 5.41) is 13.3. The first-order chi connectivity index (χ1) is 8.15. The first-order valence-corrected chi connectivity index (χ1v) is 5.25. The van der Waals surface area contributed by atoms with Crippen molar-refractivity contribution in [2.45, 2.75) is 13.8 Å². The summed E-state index contributed by atoms with van der Waals surface area (Å²) in [6.45, 7) is 3.47. The number of carbonyl (C=O) groups excluding carboxylic acids is 1. The van der Waals surface area contributed by atoms with Crippen LogP contribution in [0, 0.1) is 0 Å². The lowest BCUT2D eigenvalue weighted by Crippen LogP contribution is -2.11. The van der Waals surface area contributed by atoms with Crippen molar-refractivity contribution in [3.05, 3.63) is 29.8 Å². The number of nitrogens with zero attached hydrogens (tertiary/aromatic N) is 1. The van der Waals surface area contributed by atoms with E-state index in [9.17, 15) is 9.90 Å². The van der Waals surface area contributed by atoms with Crippen LogP contribution in [0.1, 0.15) is 19.4 Å². The van der Waals surface area contributed by atoms with E-state index >= 15 is 0 Å². The van der Waals surface area contributed by atoms with Gasteiger partial charge in [-0.15, -0.1) is 0 Å². The second-order valence-corrected chi connectivity index (χ2v) is 3.27. The van der Waals surface area contributed by atoms with Gasteiger partial charge in [0.25, 0.3) is 0 Å². The predicted molar refractivity (Wildman–Crippen MR) is 62.9 cm³/mol. The van der Waals surface area contributed by atoms with Crippen molar-refractivity contribution >= 4 is 11.7 Å². The number of ether oxygens (including phenoxy) is 1. The molecule has 0 unspecified atom stereocenters. The second-order valence-electron chi connectivity index (χ2n) is 3.27. The van der Waals surface area contributed by atoms with E-state index in [2.05, 4.69) is 9.89 Å². The Bertz CT molecular complexity index is 415. The topological polar surface area (TPSA) is 68.1 Å². The zero-order chi connectivity index (χ0) is 12.7. The molecule has 0 bridgehead atoms. The molecule has 0 saturated heterocycles. The Labute approximate surface area is 99.7 Å². The largest absolute Gasteiger partial charge is 0.507 e. The maximum atomic E-state index is 11.0. The molecule has 0 aliphatic carbocycles. The maximum absolute atomic E-state index is 11.0. The minimum atomic E-state index is -0.471. The molecule has 5 nitrogen and oxygen atoms in total. The third kappa shape index (κ3) is 4.14. The molecule has 0 aliphatic heterocycles. The van der Waals surface area contributed by atoms with Crippen molar-refractivity contribution in [1.82, 2.24) is 0 Å². The van der Waals surface area contributed by atoms with E-state index in [1.807, 2.05) is 0 Å². The van der Waals surface area contributed by atoms with Crippen LogP contribution in [0.25, 0.3) is 0 Å². The first kappa shape index (κ1) is 13.0. The van der Waals surface area contributed by atoms with Crippen molar-refractivity contribution < 1.29 is 19.5 Å². The molecule has 0 saturated carbocycles. The van der Waals surface area contributed by atoms with Crippen LogP contribution in [0.2, 0.25) is 0 Å². The summed E-state index contributed by atoms with van der Waals surface area (Å²) in [6, 6.07) is 6.76. The third-order valence-corrected chi connectivity index (χ3v) is 1.98. The van der Waals surface area contributed by atoms with Gasteiger partial charge >= 0.3 is 5.97 Å². The highest BCUT2D eigenvalue weighted by Crippen LogP contribution is 2.16. The molecular formula is C12H15NO4. The monoisotopic (exact) mass is 237 g/mol. The molecule has 0 heterocycles. The van der Waals surface area contributed by atoms with Crippen molar-refractivity contribution in [1.29, 1.82) is 0 Å². The number of esters is 1. The van der Waals surface area contributed by atoms with Crippen molar-refractivity contribution in [2.24, 2.45) is 5.16 Å². The molecule has 1 aromatic carbocycles. The lowest BCUT2D eigenvalue weighted by atomic mass is 10.1. The standard InChI is InChI=1S/C12H15NO4/c1-3-16-12(15)8-17-13-9(2)10-6-4-5-7-11(10)14/h4-7,14H,3,8H2,1-2H3. The second kappa shape index (κ2) is 6.52. The average molecular weight is 237 g/mol. The number of benzene rings is 1. The minimum Gasteiger partial charge on any atom is -0.507 e. The molecule has 0 radical (unpaired) electrons. The molecule has 0 amide bonds. The average Bonchev–Trinajstić information content (AvgIpc) is 2.29. The Balaban J connectivity index is 2.56. The van der Waals surface area contributed by atoms with Crippen molar-refractivity contribution in [3.8, 4) is 5.75 Å². The lowest BCUT2D eigenvalue weighted by molar-refractivity contribution is -0.148. The minimum absolute atomic E-state index is 0.119. The predicted octanol–water partition coefficient (Wildman–Crippen LogP) is 1.70. The van der Waals surface area contributed by atoms with Crippen LogP contribution in [-0.4, -0.2) is 30.0 Å². The number of hydrogen-bond donors (Lipinski definition) is 1. The molecule has 0 aromatic heterocycles. The Morgan fingerprint density at radius 2 is 2.12 bits per heavy atom. The molecule has 5 heteroatoms. The van der Waals surface area contributed by atoms with Crippen LogP contribution in [0.4, 0.5) is 0 Å². The normalized spacial score (nSPS) is 11.1. The van der Waals surface area contributed by atoms with Gasteiger partial charge in [0.2, 0.25) is 6.61 Å². The van der Waals surface area contributed by atoms with Crippen molar-refractivity contribution in [3.63, 3.8) is 0 Å². The van der Waals surface area contributed by atoms with Crippen LogP contribution in [0.5, 0.6) is 5.75 Å². The van der Waals surface area contributed by atoms with Gasteiger partial charge in [-0.25, -0.2) is 4.79 Å². The number of hydrogen-bond acceptors (Lipinski definition) is 5. The van der Waals surface area contributed by atoms with Gasteiger partial charge in [0.15, 0.2) is 0 Å². The summed E-state index contributed by atoms with van der Waals surface area (Å²) in [5.74, 6) is -0.352.